The van der Waals surface area contributed by atoms with Crippen LogP contribution >= 0.6 is 0 Å². The molecular weight excluding hydrogens is 354 g/mol. The number of ether oxygens (including phenoxy) is 1. The van der Waals surface area contributed by atoms with Crippen molar-refractivity contribution >= 4 is 35.1 Å². The van der Waals surface area contributed by atoms with Gasteiger partial charge in [-0.15, -0.1) is 0 Å². The highest BCUT2D eigenvalue weighted by Gasteiger charge is 2.39. The van der Waals surface area contributed by atoms with E-state index >= 15 is 0 Å². The predicted molar refractivity (Wildman–Crippen MR) is 95.2 cm³/mol. The van der Waals surface area contributed by atoms with Gasteiger partial charge in [-0.3, -0.25) is 14.4 Å². The number of benzene rings is 1. The van der Waals surface area contributed by atoms with Crippen molar-refractivity contribution in [2.75, 3.05) is 30.4 Å². The maximum atomic E-state index is 12.6. The van der Waals surface area contributed by atoms with E-state index in [1.165, 1.54) is 16.9 Å². The van der Waals surface area contributed by atoms with E-state index in [2.05, 4.69) is 5.32 Å². The Hall–Kier alpha value is -2.94. The second-order valence-electron chi connectivity index (χ2n) is 6.54. The summed E-state index contributed by atoms with van der Waals surface area (Å²) in [5.41, 5.74) is 1.13. The summed E-state index contributed by atoms with van der Waals surface area (Å²) in [5, 5.41) is 12.0. The number of hydrogen-bond donors (Lipinski definition) is 2. The van der Waals surface area contributed by atoms with Gasteiger partial charge in [-0.05, 0) is 12.1 Å². The number of carbonyl (C=O) groups is 4. The van der Waals surface area contributed by atoms with E-state index in [1.54, 1.807) is 24.3 Å². The van der Waals surface area contributed by atoms with Crippen LogP contribution in [-0.2, 0) is 23.9 Å². The lowest BCUT2D eigenvalue weighted by atomic mass is 10.1. The minimum atomic E-state index is -1.09. The largest absolute Gasteiger partial charge is 0.480 e. The summed E-state index contributed by atoms with van der Waals surface area (Å²) in [7, 11) is 1.47. The van der Waals surface area contributed by atoms with Gasteiger partial charge in [0.25, 0.3) is 0 Å². The standard InChI is InChI=1S/C18H21N3O6/c1-27-11-8-14(18(25)26)20(9-11)16(23)6-7-17(24)21-10-15(22)19-12-4-2-3-5-13(12)21/h2-5,11,14H,6-10H2,1H3,(H,19,22)(H,25,26). The van der Waals surface area contributed by atoms with Crippen LogP contribution in [0, 0.1) is 0 Å². The van der Waals surface area contributed by atoms with Crippen molar-refractivity contribution in [2.45, 2.75) is 31.4 Å². The molecule has 1 aromatic rings. The molecule has 0 spiro atoms. The minimum Gasteiger partial charge on any atom is -0.480 e. The average molecular weight is 375 g/mol. The Morgan fingerprint density at radius 3 is 2.63 bits per heavy atom. The number of carbonyl (C=O) groups excluding carboxylic acids is 3. The molecule has 1 aromatic carbocycles. The number of aliphatic carboxylic acids is 1. The van der Waals surface area contributed by atoms with Gasteiger partial charge in [-0.2, -0.15) is 0 Å². The van der Waals surface area contributed by atoms with Crippen LogP contribution in [0.2, 0.25) is 0 Å². The lowest BCUT2D eigenvalue weighted by molar-refractivity contribution is -0.148. The molecule has 2 unspecified atom stereocenters. The van der Waals surface area contributed by atoms with Crippen LogP contribution in [0.1, 0.15) is 19.3 Å². The molecule has 0 bridgehead atoms. The van der Waals surface area contributed by atoms with E-state index in [9.17, 15) is 24.3 Å². The fourth-order valence-electron chi connectivity index (χ4n) is 3.43. The normalized spacial score (nSPS) is 21.6. The number of likely N-dealkylation sites (tertiary alicyclic amines) is 1. The molecule has 1 saturated heterocycles. The van der Waals surface area contributed by atoms with Crippen LogP contribution < -0.4 is 10.2 Å². The van der Waals surface area contributed by atoms with Crippen LogP contribution in [0.4, 0.5) is 11.4 Å². The molecule has 27 heavy (non-hydrogen) atoms. The van der Waals surface area contributed by atoms with Crippen LogP contribution in [0.3, 0.4) is 0 Å². The molecule has 3 rings (SSSR count). The van der Waals surface area contributed by atoms with Gasteiger partial charge in [0.2, 0.25) is 17.7 Å². The highest BCUT2D eigenvalue weighted by atomic mass is 16.5. The lowest BCUT2D eigenvalue weighted by Gasteiger charge is -2.29. The molecule has 0 aliphatic carbocycles. The zero-order valence-corrected chi connectivity index (χ0v) is 14.9. The number of anilines is 2. The number of rotatable bonds is 5. The van der Waals surface area contributed by atoms with Crippen LogP contribution in [-0.4, -0.2) is 66.0 Å². The molecule has 2 aliphatic rings. The second-order valence-corrected chi connectivity index (χ2v) is 6.54. The van der Waals surface area contributed by atoms with Crippen molar-refractivity contribution < 1.29 is 29.0 Å². The molecule has 3 amide bonds. The number of nitrogens with one attached hydrogen (secondary N) is 1. The highest BCUT2D eigenvalue weighted by molar-refractivity contribution is 6.10. The van der Waals surface area contributed by atoms with Gasteiger partial charge in [0.05, 0.1) is 17.5 Å². The number of amides is 3. The number of hydrogen-bond acceptors (Lipinski definition) is 5. The predicted octanol–water partition coefficient (Wildman–Crippen LogP) is 0.452. The van der Waals surface area contributed by atoms with Gasteiger partial charge < -0.3 is 25.0 Å². The van der Waals surface area contributed by atoms with Gasteiger partial charge in [-0.25, -0.2) is 4.79 Å². The third kappa shape index (κ3) is 3.92. The Labute approximate surface area is 155 Å². The lowest BCUT2D eigenvalue weighted by Crippen LogP contribution is -2.43. The second kappa shape index (κ2) is 7.75. The highest BCUT2D eigenvalue weighted by Crippen LogP contribution is 2.29. The average Bonchev–Trinajstić information content (AvgIpc) is 3.10. The zero-order valence-electron chi connectivity index (χ0n) is 14.9. The van der Waals surface area contributed by atoms with Gasteiger partial charge in [0.1, 0.15) is 12.6 Å². The summed E-state index contributed by atoms with van der Waals surface area (Å²) in [6.07, 6.45) is -0.339. The molecule has 0 saturated carbocycles. The van der Waals surface area contributed by atoms with Gasteiger partial charge in [0.15, 0.2) is 0 Å². The van der Waals surface area contributed by atoms with E-state index in [0.717, 1.165) is 0 Å². The maximum absolute atomic E-state index is 12.6. The molecule has 0 radical (unpaired) electrons. The number of carboxylic acids is 1. The molecule has 2 N–H and O–H groups in total. The Morgan fingerprint density at radius 1 is 1.22 bits per heavy atom. The fraction of sp³-hybridized carbons (Fsp3) is 0.444. The first kappa shape index (κ1) is 18.8. The molecule has 9 nitrogen and oxygen atoms in total. The maximum Gasteiger partial charge on any atom is 0.326 e. The van der Waals surface area contributed by atoms with E-state index in [4.69, 9.17) is 4.74 Å². The van der Waals surface area contributed by atoms with Crippen molar-refractivity contribution in [1.82, 2.24) is 4.90 Å². The number of nitrogens with zero attached hydrogens (tertiary/aromatic N) is 2. The first-order valence-corrected chi connectivity index (χ1v) is 8.65. The molecule has 0 aromatic heterocycles. The molecule has 144 valence electrons. The number of fused-ring (bicyclic) bond motifs is 1. The van der Waals surface area contributed by atoms with Crippen molar-refractivity contribution in [1.29, 1.82) is 0 Å². The van der Waals surface area contributed by atoms with Crippen molar-refractivity contribution in [2.24, 2.45) is 0 Å². The summed E-state index contributed by atoms with van der Waals surface area (Å²) in [6, 6.07) is 5.98. The minimum absolute atomic E-state index is 0.110. The molecular formula is C18H21N3O6. The summed E-state index contributed by atoms with van der Waals surface area (Å²) >= 11 is 0. The van der Waals surface area contributed by atoms with Crippen LogP contribution in [0.25, 0.3) is 0 Å². The topological polar surface area (TPSA) is 116 Å². The Kier molecular flexibility index (Phi) is 5.41. The van der Waals surface area contributed by atoms with Crippen molar-refractivity contribution in [3.05, 3.63) is 24.3 Å². The molecule has 9 heteroatoms. The Morgan fingerprint density at radius 2 is 1.93 bits per heavy atom. The number of carboxylic acid groups (broad SMARTS) is 1. The quantitative estimate of drug-likeness (QED) is 0.772. The summed E-state index contributed by atoms with van der Waals surface area (Å²) in [4.78, 5) is 50.9. The molecule has 2 heterocycles. The summed E-state index contributed by atoms with van der Waals surface area (Å²) < 4.78 is 5.17. The molecule has 2 atom stereocenters. The van der Waals surface area contributed by atoms with Crippen molar-refractivity contribution in [3.63, 3.8) is 0 Å². The van der Waals surface area contributed by atoms with E-state index < -0.39 is 17.9 Å². The fourth-order valence-corrected chi connectivity index (χ4v) is 3.43. The van der Waals surface area contributed by atoms with Crippen LogP contribution in [0.15, 0.2) is 24.3 Å². The third-order valence-electron chi connectivity index (χ3n) is 4.83. The third-order valence-corrected chi connectivity index (χ3v) is 4.83. The number of para-hydroxylation sites is 2. The Balaban J connectivity index is 1.65. The zero-order chi connectivity index (χ0) is 19.6. The number of methoxy groups -OCH3 is 1. The summed E-state index contributed by atoms with van der Waals surface area (Å²) in [5.74, 6) is -2.16. The first-order chi connectivity index (χ1) is 12.9. The van der Waals surface area contributed by atoms with E-state index in [-0.39, 0.29) is 50.3 Å². The molecule has 1 fully saturated rings. The SMILES string of the molecule is COC1CC(C(=O)O)N(C(=O)CCC(=O)N2CC(=O)Nc3ccccc32)C1. The monoisotopic (exact) mass is 375 g/mol. The van der Waals surface area contributed by atoms with E-state index in [0.29, 0.717) is 11.4 Å². The first-order valence-electron chi connectivity index (χ1n) is 8.65. The van der Waals surface area contributed by atoms with Crippen molar-refractivity contribution in [3.8, 4) is 0 Å². The van der Waals surface area contributed by atoms with Gasteiger partial charge in [0, 0.05) is 32.9 Å². The molecule has 2 aliphatic heterocycles. The smallest absolute Gasteiger partial charge is 0.326 e. The van der Waals surface area contributed by atoms with Gasteiger partial charge >= 0.3 is 5.97 Å². The Bertz CT molecular complexity index is 780. The van der Waals surface area contributed by atoms with E-state index in [1.807, 2.05) is 0 Å². The summed E-state index contributed by atoms with van der Waals surface area (Å²) in [6.45, 7) is 0.0761. The van der Waals surface area contributed by atoms with Crippen LogP contribution in [0.5, 0.6) is 0 Å². The van der Waals surface area contributed by atoms with Gasteiger partial charge in [-0.1, -0.05) is 12.1 Å².